The highest BCUT2D eigenvalue weighted by molar-refractivity contribution is 7.93. The van der Waals surface area contributed by atoms with Crippen LogP contribution >= 0.6 is 0 Å². The van der Waals surface area contributed by atoms with Gasteiger partial charge in [-0.2, -0.15) is 0 Å². The first kappa shape index (κ1) is 20.0. The number of carbonyl (C=O) groups excluding carboxylic acids is 1. The second-order valence-electron chi connectivity index (χ2n) is 8.12. The molecule has 1 aliphatic heterocycles. The van der Waals surface area contributed by atoms with E-state index in [1.54, 1.807) is 24.3 Å². The molecule has 5 nitrogen and oxygen atoms in total. The van der Waals surface area contributed by atoms with E-state index < -0.39 is 10.0 Å². The van der Waals surface area contributed by atoms with Gasteiger partial charge in [-0.05, 0) is 67.9 Å². The monoisotopic (exact) mass is 412 g/mol. The fourth-order valence-electron chi connectivity index (χ4n) is 4.59. The number of carbonyl (C=O) groups is 1. The van der Waals surface area contributed by atoms with Gasteiger partial charge in [-0.25, -0.2) is 8.42 Å². The van der Waals surface area contributed by atoms with Crippen LogP contribution in [0.25, 0.3) is 0 Å². The molecule has 1 heterocycles. The molecule has 2 fully saturated rings. The first-order chi connectivity index (χ1) is 14.0. The Balaban J connectivity index is 1.38. The number of nitrogens with zero attached hydrogens (tertiary/aromatic N) is 2. The molecule has 0 radical (unpaired) electrons. The summed E-state index contributed by atoms with van der Waals surface area (Å²) < 4.78 is 25.6. The molecule has 0 bridgehead atoms. The molecule has 2 aromatic carbocycles. The molecule has 1 amide bonds. The van der Waals surface area contributed by atoms with E-state index in [2.05, 4.69) is 24.3 Å². The summed E-state index contributed by atoms with van der Waals surface area (Å²) >= 11 is 0. The van der Waals surface area contributed by atoms with Gasteiger partial charge in [0, 0.05) is 25.2 Å². The molecule has 0 N–H and O–H groups in total. The molecule has 29 heavy (non-hydrogen) atoms. The number of rotatable bonds is 4. The number of hydrogen-bond donors (Lipinski definition) is 0. The van der Waals surface area contributed by atoms with Crippen LogP contribution in [0.4, 0.5) is 5.69 Å². The van der Waals surface area contributed by atoms with Gasteiger partial charge in [-0.15, -0.1) is 0 Å². The van der Waals surface area contributed by atoms with Crippen molar-refractivity contribution in [2.24, 2.45) is 0 Å². The quantitative estimate of drug-likeness (QED) is 0.762. The molecular formula is C23H28N2O3S. The summed E-state index contributed by atoms with van der Waals surface area (Å²) in [5.74, 6) is 0.781. The topological polar surface area (TPSA) is 57.7 Å². The SMILES string of the molecule is CN(C(=O)c1ccc(N2CCCS2(=O)=O)cc1)C1CCC(c2ccccc2)CC1. The van der Waals surface area contributed by atoms with Crippen molar-refractivity contribution in [2.45, 2.75) is 44.1 Å². The van der Waals surface area contributed by atoms with Crippen molar-refractivity contribution >= 4 is 21.6 Å². The highest BCUT2D eigenvalue weighted by Gasteiger charge is 2.30. The predicted octanol–water partition coefficient (Wildman–Crippen LogP) is 4.02. The molecule has 2 aliphatic rings. The van der Waals surface area contributed by atoms with Crippen LogP contribution < -0.4 is 4.31 Å². The Bertz CT molecular complexity index is 949. The van der Waals surface area contributed by atoms with Crippen molar-refractivity contribution in [3.8, 4) is 0 Å². The van der Waals surface area contributed by atoms with Crippen LogP contribution in [0.15, 0.2) is 54.6 Å². The highest BCUT2D eigenvalue weighted by atomic mass is 32.2. The van der Waals surface area contributed by atoms with Gasteiger partial charge < -0.3 is 4.90 Å². The molecule has 1 aliphatic carbocycles. The molecule has 6 heteroatoms. The van der Waals surface area contributed by atoms with Crippen LogP contribution in [0.1, 0.15) is 53.9 Å². The van der Waals surface area contributed by atoms with Crippen LogP contribution in [0.3, 0.4) is 0 Å². The minimum Gasteiger partial charge on any atom is -0.339 e. The van der Waals surface area contributed by atoms with Crippen molar-refractivity contribution < 1.29 is 13.2 Å². The fraction of sp³-hybridized carbons (Fsp3) is 0.435. The van der Waals surface area contributed by atoms with E-state index in [9.17, 15) is 13.2 Å². The zero-order chi connectivity index (χ0) is 20.4. The summed E-state index contributed by atoms with van der Waals surface area (Å²) in [7, 11) is -1.31. The molecule has 2 aromatic rings. The maximum Gasteiger partial charge on any atom is 0.253 e. The summed E-state index contributed by atoms with van der Waals surface area (Å²) in [6.07, 6.45) is 4.85. The molecule has 0 spiro atoms. The number of amides is 1. The lowest BCUT2D eigenvalue weighted by atomic mass is 9.81. The maximum absolute atomic E-state index is 12.9. The van der Waals surface area contributed by atoms with Crippen molar-refractivity contribution in [2.75, 3.05) is 23.7 Å². The molecular weight excluding hydrogens is 384 g/mol. The van der Waals surface area contributed by atoms with Crippen LogP contribution in [0.2, 0.25) is 0 Å². The van der Waals surface area contributed by atoms with Gasteiger partial charge in [-0.1, -0.05) is 30.3 Å². The Morgan fingerprint density at radius 2 is 1.62 bits per heavy atom. The lowest BCUT2D eigenvalue weighted by Gasteiger charge is -2.35. The van der Waals surface area contributed by atoms with Crippen molar-refractivity contribution in [1.82, 2.24) is 4.90 Å². The first-order valence-electron chi connectivity index (χ1n) is 10.4. The maximum atomic E-state index is 12.9. The Hall–Kier alpha value is -2.34. The van der Waals surface area contributed by atoms with Crippen molar-refractivity contribution in [1.29, 1.82) is 0 Å². The number of benzene rings is 2. The minimum absolute atomic E-state index is 0.00369. The average molecular weight is 413 g/mol. The normalized spacial score (nSPS) is 23.7. The summed E-state index contributed by atoms with van der Waals surface area (Å²) in [6, 6.07) is 17.9. The summed E-state index contributed by atoms with van der Waals surface area (Å²) in [6.45, 7) is 0.514. The molecule has 0 atom stereocenters. The van der Waals surface area contributed by atoms with Crippen LogP contribution in [0, 0.1) is 0 Å². The van der Waals surface area contributed by atoms with Crippen LogP contribution in [-0.2, 0) is 10.0 Å². The summed E-state index contributed by atoms with van der Waals surface area (Å²) in [5, 5.41) is 0. The van der Waals surface area contributed by atoms with Gasteiger partial charge in [0.15, 0.2) is 0 Å². The Labute approximate surface area is 173 Å². The third-order valence-electron chi connectivity index (χ3n) is 6.34. The number of hydrogen-bond acceptors (Lipinski definition) is 3. The van der Waals surface area contributed by atoms with E-state index in [0.717, 1.165) is 25.7 Å². The first-order valence-corrected chi connectivity index (χ1v) is 12.0. The van der Waals surface area contributed by atoms with Gasteiger partial charge in [0.2, 0.25) is 10.0 Å². The van der Waals surface area contributed by atoms with Crippen molar-refractivity contribution in [3.63, 3.8) is 0 Å². The van der Waals surface area contributed by atoms with E-state index in [-0.39, 0.29) is 17.7 Å². The van der Waals surface area contributed by atoms with E-state index in [1.807, 2.05) is 18.0 Å². The smallest absolute Gasteiger partial charge is 0.253 e. The lowest BCUT2D eigenvalue weighted by molar-refractivity contribution is 0.0689. The molecule has 1 saturated heterocycles. The summed E-state index contributed by atoms with van der Waals surface area (Å²) in [5.41, 5.74) is 2.65. The molecule has 4 rings (SSSR count). The van der Waals surface area contributed by atoms with Crippen LogP contribution in [0.5, 0.6) is 0 Å². The molecule has 1 saturated carbocycles. The highest BCUT2D eigenvalue weighted by Crippen LogP contribution is 2.34. The average Bonchev–Trinajstić information content (AvgIpc) is 3.12. The largest absolute Gasteiger partial charge is 0.339 e. The second-order valence-corrected chi connectivity index (χ2v) is 10.1. The summed E-state index contributed by atoms with van der Waals surface area (Å²) in [4.78, 5) is 14.8. The molecule has 154 valence electrons. The Morgan fingerprint density at radius 3 is 2.21 bits per heavy atom. The van der Waals surface area contributed by atoms with E-state index in [1.165, 1.54) is 9.87 Å². The van der Waals surface area contributed by atoms with Gasteiger partial charge in [-0.3, -0.25) is 9.10 Å². The third kappa shape index (κ3) is 4.17. The van der Waals surface area contributed by atoms with Crippen molar-refractivity contribution in [3.05, 3.63) is 65.7 Å². The van der Waals surface area contributed by atoms with Gasteiger partial charge in [0.25, 0.3) is 5.91 Å². The van der Waals surface area contributed by atoms with E-state index in [0.29, 0.717) is 30.1 Å². The third-order valence-corrected chi connectivity index (χ3v) is 8.21. The molecule has 0 aromatic heterocycles. The lowest BCUT2D eigenvalue weighted by Crippen LogP contribution is -2.39. The van der Waals surface area contributed by atoms with Gasteiger partial charge in [0.05, 0.1) is 11.4 Å². The van der Waals surface area contributed by atoms with Gasteiger partial charge >= 0.3 is 0 Å². The number of anilines is 1. The minimum atomic E-state index is -3.20. The number of sulfonamides is 1. The van der Waals surface area contributed by atoms with E-state index in [4.69, 9.17) is 0 Å². The predicted molar refractivity (Wildman–Crippen MR) is 116 cm³/mol. The Kier molecular flexibility index (Phi) is 5.63. The zero-order valence-electron chi connectivity index (χ0n) is 16.8. The molecule has 0 unspecified atom stereocenters. The fourth-order valence-corrected chi connectivity index (χ4v) is 6.16. The zero-order valence-corrected chi connectivity index (χ0v) is 17.6. The standard InChI is InChI=1S/C23H28N2O3S/c1-24(21-12-8-19(9-13-21)18-6-3-2-4-7-18)23(26)20-10-14-22(15-11-20)25-16-5-17-29(25,27)28/h2-4,6-7,10-11,14-15,19,21H,5,8-9,12-13,16-17H2,1H3. The van der Waals surface area contributed by atoms with Gasteiger partial charge in [0.1, 0.15) is 0 Å². The van der Waals surface area contributed by atoms with Crippen LogP contribution in [-0.4, -0.2) is 44.6 Å². The van der Waals surface area contributed by atoms with E-state index >= 15 is 0 Å². The second kappa shape index (κ2) is 8.19. The Morgan fingerprint density at radius 1 is 0.966 bits per heavy atom.